The summed E-state index contributed by atoms with van der Waals surface area (Å²) in [5.74, 6) is 2.36. The molecule has 0 spiro atoms. The maximum atomic E-state index is 13.0. The van der Waals surface area contributed by atoms with E-state index in [0.717, 1.165) is 44.6 Å². The largest absolute Gasteiger partial charge is 0.456 e. The molecule has 0 atom stereocenters. The predicted octanol–water partition coefficient (Wildman–Crippen LogP) is 6.08. The van der Waals surface area contributed by atoms with Crippen LogP contribution in [0.2, 0.25) is 0 Å². The fraction of sp³-hybridized carbons (Fsp3) is 0.333. The molecule has 0 radical (unpaired) electrons. The number of thiophene rings is 1. The Kier molecular flexibility index (Phi) is 5.32. The molecule has 0 saturated carbocycles. The van der Waals surface area contributed by atoms with Gasteiger partial charge in [0.2, 0.25) is 0 Å². The van der Waals surface area contributed by atoms with E-state index in [0.29, 0.717) is 4.88 Å². The number of nitrogens with zero attached hydrogens (tertiary/aromatic N) is 1. The van der Waals surface area contributed by atoms with E-state index in [4.69, 9.17) is 16.1 Å². The molecule has 2 aromatic heterocycles. The quantitative estimate of drug-likeness (QED) is 0.401. The molecular weight excluding hydrogens is 366 g/mol. The molecule has 0 unspecified atom stereocenters. The number of esters is 1. The Morgan fingerprint density at radius 1 is 1.29 bits per heavy atom. The van der Waals surface area contributed by atoms with E-state index in [-0.39, 0.29) is 5.97 Å². The van der Waals surface area contributed by atoms with Crippen molar-refractivity contribution in [3.05, 3.63) is 51.5 Å². The number of aryl methyl sites for hydroxylation is 2. The van der Waals surface area contributed by atoms with Gasteiger partial charge >= 0.3 is 5.97 Å². The van der Waals surface area contributed by atoms with E-state index >= 15 is 0 Å². The molecule has 0 saturated heterocycles. The third kappa shape index (κ3) is 3.68. The number of carbonyl (C=O) groups is 1. The highest BCUT2D eigenvalue weighted by Gasteiger charge is 2.27. The lowest BCUT2D eigenvalue weighted by Crippen LogP contribution is -2.23. The van der Waals surface area contributed by atoms with Crippen LogP contribution in [0.15, 0.2) is 24.3 Å². The number of hydrogen-bond acceptors (Lipinski definition) is 4. The summed E-state index contributed by atoms with van der Waals surface area (Å²) in [4.78, 5) is 19.3. The lowest BCUT2D eigenvalue weighted by molar-refractivity contribution is 0.00761. The first kappa shape index (κ1) is 20.1. The van der Waals surface area contributed by atoms with Crippen molar-refractivity contribution in [3.8, 4) is 23.5 Å². The maximum Gasteiger partial charge on any atom is 0.349 e. The van der Waals surface area contributed by atoms with Gasteiger partial charge in [0.1, 0.15) is 15.3 Å². The monoisotopic (exact) mass is 391 g/mol. The first-order valence-corrected chi connectivity index (χ1v) is 10.2. The van der Waals surface area contributed by atoms with Gasteiger partial charge in [0, 0.05) is 22.2 Å². The molecule has 0 bridgehead atoms. The minimum atomic E-state index is -0.571. The number of ether oxygens (including phenoxy) is 1. The van der Waals surface area contributed by atoms with E-state index in [1.54, 1.807) is 0 Å². The van der Waals surface area contributed by atoms with Gasteiger partial charge in [-0.05, 0) is 69.9 Å². The summed E-state index contributed by atoms with van der Waals surface area (Å²) in [6.45, 7) is 11.9. The number of carbonyl (C=O) groups excluding carboxylic acids is 1. The Balaban J connectivity index is 2.38. The van der Waals surface area contributed by atoms with Crippen molar-refractivity contribution < 1.29 is 9.53 Å². The molecule has 0 N–H and O–H groups in total. The van der Waals surface area contributed by atoms with Crippen LogP contribution in [0.3, 0.4) is 0 Å². The zero-order chi connectivity index (χ0) is 20.6. The number of hydrogen-bond donors (Lipinski definition) is 0. The average Bonchev–Trinajstić information content (AvgIpc) is 3.00. The van der Waals surface area contributed by atoms with Gasteiger partial charge in [-0.15, -0.1) is 17.8 Å². The highest BCUT2D eigenvalue weighted by molar-refractivity contribution is 7.21. The molecule has 2 heterocycles. The Labute approximate surface area is 170 Å². The van der Waals surface area contributed by atoms with E-state index < -0.39 is 5.60 Å². The molecule has 4 heteroatoms. The first-order chi connectivity index (χ1) is 13.2. The zero-order valence-electron chi connectivity index (χ0n) is 17.3. The first-order valence-electron chi connectivity index (χ1n) is 9.39. The van der Waals surface area contributed by atoms with Crippen LogP contribution < -0.4 is 0 Å². The van der Waals surface area contributed by atoms with Gasteiger partial charge < -0.3 is 4.74 Å². The lowest BCUT2D eigenvalue weighted by Gasteiger charge is -2.19. The molecule has 28 heavy (non-hydrogen) atoms. The van der Waals surface area contributed by atoms with E-state index in [1.807, 2.05) is 52.0 Å². The van der Waals surface area contributed by atoms with Crippen molar-refractivity contribution >= 4 is 27.5 Å². The molecule has 0 aliphatic carbocycles. The maximum absolute atomic E-state index is 13.0. The number of aromatic nitrogens is 1. The third-order valence-corrected chi connectivity index (χ3v) is 5.74. The minimum absolute atomic E-state index is 0.327. The summed E-state index contributed by atoms with van der Waals surface area (Å²) >= 11 is 1.39. The second-order valence-electron chi connectivity index (χ2n) is 7.87. The van der Waals surface area contributed by atoms with Crippen LogP contribution in [0.25, 0.3) is 21.3 Å². The molecule has 3 rings (SSSR count). The van der Waals surface area contributed by atoms with Gasteiger partial charge in [-0.1, -0.05) is 25.0 Å². The number of rotatable bonds is 3. The predicted molar refractivity (Wildman–Crippen MR) is 117 cm³/mol. The summed E-state index contributed by atoms with van der Waals surface area (Å²) in [7, 11) is 0. The third-order valence-electron chi connectivity index (χ3n) is 4.68. The fourth-order valence-electron chi connectivity index (χ4n) is 3.52. The lowest BCUT2D eigenvalue weighted by atomic mass is 9.95. The minimum Gasteiger partial charge on any atom is -0.456 e. The SMILES string of the molecule is C#Cc1cccc(-c2c(C(=O)OC(C)(C)C)sc3nc(C)c(CC)c(C)c23)c1. The molecule has 0 amide bonds. The molecule has 144 valence electrons. The average molecular weight is 392 g/mol. The van der Waals surface area contributed by atoms with Crippen LogP contribution in [0, 0.1) is 26.2 Å². The van der Waals surface area contributed by atoms with Gasteiger partial charge in [-0.3, -0.25) is 0 Å². The molecular formula is C24H25NO2S. The number of terminal acetylenes is 1. The van der Waals surface area contributed by atoms with Gasteiger partial charge in [-0.2, -0.15) is 0 Å². The van der Waals surface area contributed by atoms with Crippen molar-refractivity contribution in [2.45, 2.75) is 53.6 Å². The van der Waals surface area contributed by atoms with Crippen molar-refractivity contribution in [1.82, 2.24) is 4.98 Å². The molecule has 0 aliphatic heterocycles. The highest BCUT2D eigenvalue weighted by atomic mass is 32.1. The Morgan fingerprint density at radius 3 is 2.61 bits per heavy atom. The molecule has 3 aromatic rings. The van der Waals surface area contributed by atoms with Gasteiger partial charge in [0.25, 0.3) is 0 Å². The summed E-state index contributed by atoms with van der Waals surface area (Å²) < 4.78 is 5.70. The summed E-state index contributed by atoms with van der Waals surface area (Å²) in [5.41, 5.74) is 5.38. The standard InChI is InChI=1S/C24H25NO2S/c1-8-16-11-10-12-17(13-16)20-19-14(3)18(9-2)15(4)25-22(19)28-21(20)23(26)27-24(5,6)7/h1,10-13H,9H2,2-7H3. The molecule has 1 aromatic carbocycles. The normalized spacial score (nSPS) is 11.5. The van der Waals surface area contributed by atoms with Crippen molar-refractivity contribution in [2.75, 3.05) is 0 Å². The van der Waals surface area contributed by atoms with Crippen molar-refractivity contribution in [1.29, 1.82) is 0 Å². The van der Waals surface area contributed by atoms with Crippen LogP contribution in [-0.4, -0.2) is 16.6 Å². The van der Waals surface area contributed by atoms with E-state index in [9.17, 15) is 4.79 Å². The fourth-order valence-corrected chi connectivity index (χ4v) is 4.70. The van der Waals surface area contributed by atoms with E-state index in [2.05, 4.69) is 19.8 Å². The summed E-state index contributed by atoms with van der Waals surface area (Å²) in [6.07, 6.45) is 6.50. The number of fused-ring (bicyclic) bond motifs is 1. The van der Waals surface area contributed by atoms with Crippen molar-refractivity contribution in [3.63, 3.8) is 0 Å². The Morgan fingerprint density at radius 2 is 2.00 bits per heavy atom. The van der Waals surface area contributed by atoms with E-state index in [1.165, 1.54) is 16.9 Å². The summed E-state index contributed by atoms with van der Waals surface area (Å²) in [5, 5.41) is 1.02. The Hall–Kier alpha value is -2.64. The highest BCUT2D eigenvalue weighted by Crippen LogP contribution is 2.42. The van der Waals surface area contributed by atoms with Gasteiger partial charge in [0.15, 0.2) is 0 Å². The van der Waals surface area contributed by atoms with Crippen molar-refractivity contribution in [2.24, 2.45) is 0 Å². The molecule has 0 fully saturated rings. The van der Waals surface area contributed by atoms with Crippen LogP contribution in [0.5, 0.6) is 0 Å². The Bertz CT molecular complexity index is 1110. The summed E-state index contributed by atoms with van der Waals surface area (Å²) in [6, 6.07) is 7.74. The molecule has 0 aliphatic rings. The van der Waals surface area contributed by atoms with Gasteiger partial charge in [-0.25, -0.2) is 9.78 Å². The second kappa shape index (κ2) is 7.41. The van der Waals surface area contributed by atoms with Crippen LogP contribution in [0.4, 0.5) is 0 Å². The number of benzene rings is 1. The topological polar surface area (TPSA) is 39.2 Å². The van der Waals surface area contributed by atoms with Crippen LogP contribution in [-0.2, 0) is 11.2 Å². The van der Waals surface area contributed by atoms with Crippen LogP contribution >= 0.6 is 11.3 Å². The van der Waals surface area contributed by atoms with Gasteiger partial charge in [0.05, 0.1) is 0 Å². The second-order valence-corrected chi connectivity index (χ2v) is 8.87. The number of pyridine rings is 1. The van der Waals surface area contributed by atoms with Crippen LogP contribution in [0.1, 0.15) is 59.8 Å². The zero-order valence-corrected chi connectivity index (χ0v) is 18.1. The smallest absolute Gasteiger partial charge is 0.349 e. The molecule has 3 nitrogen and oxygen atoms in total.